The Bertz CT molecular complexity index is 679. The van der Waals surface area contributed by atoms with E-state index >= 15 is 0 Å². The van der Waals surface area contributed by atoms with Crippen molar-refractivity contribution in [2.75, 3.05) is 12.3 Å². The number of carbonyl (C=O) groups excluding carboxylic acids is 1. The SMILES string of the molecule is CCCCCCCCN1C(=O)CSC1c1cccc2ccccc12. The molecule has 1 aliphatic heterocycles. The van der Waals surface area contributed by atoms with Gasteiger partial charge in [0.25, 0.3) is 0 Å². The Morgan fingerprint density at radius 1 is 1.00 bits per heavy atom. The van der Waals surface area contributed by atoms with Gasteiger partial charge >= 0.3 is 0 Å². The zero-order valence-corrected chi connectivity index (χ0v) is 15.4. The molecule has 0 radical (unpaired) electrons. The molecule has 3 rings (SSSR count). The molecule has 2 aromatic carbocycles. The van der Waals surface area contributed by atoms with E-state index in [2.05, 4.69) is 54.3 Å². The lowest BCUT2D eigenvalue weighted by Gasteiger charge is -2.25. The number of hydrogen-bond acceptors (Lipinski definition) is 2. The summed E-state index contributed by atoms with van der Waals surface area (Å²) < 4.78 is 0. The van der Waals surface area contributed by atoms with E-state index in [0.717, 1.165) is 13.0 Å². The first kappa shape index (κ1) is 17.3. The van der Waals surface area contributed by atoms with Crippen LogP contribution >= 0.6 is 11.8 Å². The largest absolute Gasteiger partial charge is 0.326 e. The van der Waals surface area contributed by atoms with Crippen LogP contribution in [-0.4, -0.2) is 23.1 Å². The molecule has 0 bridgehead atoms. The van der Waals surface area contributed by atoms with Crippen LogP contribution in [0, 0.1) is 0 Å². The topological polar surface area (TPSA) is 20.3 Å². The van der Waals surface area contributed by atoms with Gasteiger partial charge in [-0.1, -0.05) is 81.5 Å². The van der Waals surface area contributed by atoms with Crippen molar-refractivity contribution in [3.63, 3.8) is 0 Å². The number of thioether (sulfide) groups is 1. The van der Waals surface area contributed by atoms with Crippen LogP contribution in [0.25, 0.3) is 10.8 Å². The first-order chi connectivity index (χ1) is 11.8. The van der Waals surface area contributed by atoms with Crippen LogP contribution < -0.4 is 0 Å². The van der Waals surface area contributed by atoms with Gasteiger partial charge in [0.2, 0.25) is 5.91 Å². The normalized spacial score (nSPS) is 17.8. The van der Waals surface area contributed by atoms with Crippen molar-refractivity contribution in [1.82, 2.24) is 4.90 Å². The van der Waals surface area contributed by atoms with Gasteiger partial charge in [-0.3, -0.25) is 4.79 Å². The average Bonchev–Trinajstić information content (AvgIpc) is 2.98. The monoisotopic (exact) mass is 341 g/mol. The van der Waals surface area contributed by atoms with Gasteiger partial charge < -0.3 is 4.90 Å². The second-order valence-electron chi connectivity index (χ2n) is 6.59. The number of benzene rings is 2. The van der Waals surface area contributed by atoms with Crippen LogP contribution in [0.4, 0.5) is 0 Å². The summed E-state index contributed by atoms with van der Waals surface area (Å²) in [6, 6.07) is 14.9. The van der Waals surface area contributed by atoms with Crippen LogP contribution in [0.5, 0.6) is 0 Å². The van der Waals surface area contributed by atoms with E-state index in [-0.39, 0.29) is 5.37 Å². The third-order valence-electron chi connectivity index (χ3n) is 4.81. The molecule has 0 aromatic heterocycles. The molecular weight excluding hydrogens is 314 g/mol. The fourth-order valence-corrected chi connectivity index (χ4v) is 4.74. The second kappa shape index (κ2) is 8.57. The van der Waals surface area contributed by atoms with Crippen LogP contribution in [-0.2, 0) is 4.79 Å². The Labute approximate surface area is 149 Å². The van der Waals surface area contributed by atoms with Crippen molar-refractivity contribution in [2.45, 2.75) is 50.8 Å². The van der Waals surface area contributed by atoms with Crippen molar-refractivity contribution in [2.24, 2.45) is 0 Å². The third-order valence-corrected chi connectivity index (χ3v) is 6.05. The van der Waals surface area contributed by atoms with E-state index in [0.29, 0.717) is 11.7 Å². The van der Waals surface area contributed by atoms with E-state index in [1.165, 1.54) is 48.4 Å². The van der Waals surface area contributed by atoms with Crippen LogP contribution in [0.3, 0.4) is 0 Å². The van der Waals surface area contributed by atoms with E-state index in [1.807, 2.05) is 0 Å². The summed E-state index contributed by atoms with van der Waals surface area (Å²) in [4.78, 5) is 14.5. The van der Waals surface area contributed by atoms with Gasteiger partial charge in [-0.2, -0.15) is 0 Å². The summed E-state index contributed by atoms with van der Waals surface area (Å²) in [5.74, 6) is 0.912. The highest BCUT2D eigenvalue weighted by molar-refractivity contribution is 8.00. The molecule has 2 aromatic rings. The summed E-state index contributed by atoms with van der Waals surface area (Å²) in [6.45, 7) is 3.14. The predicted molar refractivity (Wildman–Crippen MR) is 104 cm³/mol. The van der Waals surface area contributed by atoms with Crippen LogP contribution in [0.15, 0.2) is 42.5 Å². The fourth-order valence-electron chi connectivity index (χ4n) is 3.48. The lowest BCUT2D eigenvalue weighted by atomic mass is 10.0. The molecule has 1 atom stereocenters. The number of hydrogen-bond donors (Lipinski definition) is 0. The summed E-state index contributed by atoms with van der Waals surface area (Å²) in [7, 11) is 0. The number of unbranched alkanes of at least 4 members (excludes halogenated alkanes) is 5. The van der Waals surface area contributed by atoms with Crippen molar-refractivity contribution < 1.29 is 4.79 Å². The standard InChI is InChI=1S/C21H27NOS/c1-2-3-4-5-6-9-15-22-20(23)16-24-21(22)19-14-10-12-17-11-7-8-13-18(17)19/h7-8,10-14,21H,2-6,9,15-16H2,1H3. The van der Waals surface area contributed by atoms with Crippen molar-refractivity contribution in [3.8, 4) is 0 Å². The van der Waals surface area contributed by atoms with Gasteiger partial charge in [0.05, 0.1) is 5.75 Å². The molecule has 1 amide bonds. The van der Waals surface area contributed by atoms with Crippen molar-refractivity contribution >= 4 is 28.4 Å². The summed E-state index contributed by atoms with van der Waals surface area (Å²) in [5.41, 5.74) is 1.29. The number of amides is 1. The minimum absolute atomic E-state index is 0.180. The van der Waals surface area contributed by atoms with Crippen LogP contribution in [0.1, 0.15) is 56.4 Å². The highest BCUT2D eigenvalue weighted by atomic mass is 32.2. The molecule has 0 saturated carbocycles. The van der Waals surface area contributed by atoms with Gasteiger partial charge in [-0.15, -0.1) is 11.8 Å². The Hall–Kier alpha value is -1.48. The molecule has 1 unspecified atom stereocenters. The van der Waals surface area contributed by atoms with Gasteiger partial charge in [0.15, 0.2) is 0 Å². The molecular formula is C21H27NOS. The smallest absolute Gasteiger partial charge is 0.233 e. The fraction of sp³-hybridized carbons (Fsp3) is 0.476. The van der Waals surface area contributed by atoms with Crippen molar-refractivity contribution in [1.29, 1.82) is 0 Å². The minimum atomic E-state index is 0.180. The molecule has 1 aliphatic rings. The maximum Gasteiger partial charge on any atom is 0.233 e. The second-order valence-corrected chi connectivity index (χ2v) is 7.66. The van der Waals surface area contributed by atoms with Gasteiger partial charge in [-0.25, -0.2) is 0 Å². The molecule has 2 nitrogen and oxygen atoms in total. The number of nitrogens with zero attached hydrogens (tertiary/aromatic N) is 1. The van der Waals surface area contributed by atoms with Gasteiger partial charge in [0.1, 0.15) is 5.37 Å². The number of carbonyl (C=O) groups is 1. The molecule has 0 N–H and O–H groups in total. The molecule has 1 saturated heterocycles. The highest BCUT2D eigenvalue weighted by Crippen LogP contribution is 2.41. The van der Waals surface area contributed by atoms with Crippen LogP contribution in [0.2, 0.25) is 0 Å². The van der Waals surface area contributed by atoms with Gasteiger partial charge in [0, 0.05) is 6.54 Å². The van der Waals surface area contributed by atoms with Gasteiger partial charge in [-0.05, 0) is 22.8 Å². The molecule has 1 heterocycles. The maximum atomic E-state index is 12.4. The third kappa shape index (κ3) is 3.94. The number of rotatable bonds is 8. The average molecular weight is 342 g/mol. The Balaban J connectivity index is 1.68. The quantitative estimate of drug-likeness (QED) is 0.568. The summed E-state index contributed by atoms with van der Waals surface area (Å²) >= 11 is 1.77. The first-order valence-electron chi connectivity index (χ1n) is 9.20. The Morgan fingerprint density at radius 2 is 1.75 bits per heavy atom. The molecule has 24 heavy (non-hydrogen) atoms. The lowest BCUT2D eigenvalue weighted by molar-refractivity contribution is -0.128. The summed E-state index contributed by atoms with van der Waals surface area (Å²) in [5, 5.41) is 2.72. The molecule has 0 spiro atoms. The first-order valence-corrected chi connectivity index (χ1v) is 10.2. The minimum Gasteiger partial charge on any atom is -0.326 e. The van der Waals surface area contributed by atoms with E-state index < -0.39 is 0 Å². The zero-order valence-electron chi connectivity index (χ0n) is 14.5. The highest BCUT2D eigenvalue weighted by Gasteiger charge is 2.33. The van der Waals surface area contributed by atoms with Crippen molar-refractivity contribution in [3.05, 3.63) is 48.0 Å². The molecule has 128 valence electrons. The maximum absolute atomic E-state index is 12.4. The number of fused-ring (bicyclic) bond motifs is 1. The van der Waals surface area contributed by atoms with E-state index in [1.54, 1.807) is 11.8 Å². The lowest BCUT2D eigenvalue weighted by Crippen LogP contribution is -2.29. The molecule has 0 aliphatic carbocycles. The Kier molecular flexibility index (Phi) is 6.19. The zero-order chi connectivity index (χ0) is 16.8. The molecule has 1 fully saturated rings. The van der Waals surface area contributed by atoms with E-state index in [9.17, 15) is 4.79 Å². The Morgan fingerprint density at radius 3 is 2.62 bits per heavy atom. The summed E-state index contributed by atoms with van der Waals surface area (Å²) in [6.07, 6.45) is 7.59. The van der Waals surface area contributed by atoms with E-state index in [4.69, 9.17) is 0 Å². The molecule has 3 heteroatoms. The predicted octanol–water partition coefficient (Wildman–Crippen LogP) is 5.77.